The van der Waals surface area contributed by atoms with Gasteiger partial charge < -0.3 is 15.7 Å². The van der Waals surface area contributed by atoms with Crippen molar-refractivity contribution in [3.8, 4) is 5.75 Å². The minimum Gasteiger partial charge on any atom is -0.506 e. The van der Waals surface area contributed by atoms with Crippen LogP contribution in [-0.4, -0.2) is 36.1 Å². The first-order valence-corrected chi connectivity index (χ1v) is 4.81. The number of hydrogen-bond acceptors (Lipinski definition) is 4. The second-order valence-corrected chi connectivity index (χ2v) is 3.14. The summed E-state index contributed by atoms with van der Waals surface area (Å²) in [5.41, 5.74) is 0.374. The standard InChI is InChI=1S/C10H15N3O2/c1-11-3-2-4-13-10(15)8-5-9(14)7-12-6-8/h5-7,11,14H,2-4H2,1H3,(H,13,15). The first-order valence-electron chi connectivity index (χ1n) is 4.81. The van der Waals surface area contributed by atoms with Gasteiger partial charge >= 0.3 is 0 Å². The number of hydrogen-bond donors (Lipinski definition) is 3. The van der Waals surface area contributed by atoms with E-state index in [4.69, 9.17) is 5.11 Å². The largest absolute Gasteiger partial charge is 0.506 e. The number of amides is 1. The molecule has 0 saturated carbocycles. The number of aromatic hydroxyl groups is 1. The number of nitrogens with one attached hydrogen (secondary N) is 2. The fourth-order valence-corrected chi connectivity index (χ4v) is 1.12. The van der Waals surface area contributed by atoms with Gasteiger partial charge in [0.15, 0.2) is 0 Å². The van der Waals surface area contributed by atoms with E-state index in [0.29, 0.717) is 12.1 Å². The molecular formula is C10H15N3O2. The number of nitrogens with zero attached hydrogens (tertiary/aromatic N) is 1. The first kappa shape index (κ1) is 11.5. The van der Waals surface area contributed by atoms with Gasteiger partial charge in [-0.15, -0.1) is 0 Å². The van der Waals surface area contributed by atoms with Crippen LogP contribution in [0.4, 0.5) is 0 Å². The van der Waals surface area contributed by atoms with Crippen molar-refractivity contribution < 1.29 is 9.90 Å². The van der Waals surface area contributed by atoms with Gasteiger partial charge in [-0.25, -0.2) is 0 Å². The zero-order valence-corrected chi connectivity index (χ0v) is 8.66. The third kappa shape index (κ3) is 3.95. The predicted octanol–water partition coefficient (Wildman–Crippen LogP) is 0.126. The maximum atomic E-state index is 11.5. The summed E-state index contributed by atoms with van der Waals surface area (Å²) in [7, 11) is 1.86. The molecule has 1 aromatic rings. The zero-order chi connectivity index (χ0) is 11.1. The van der Waals surface area contributed by atoms with E-state index in [1.165, 1.54) is 18.5 Å². The average molecular weight is 209 g/mol. The molecule has 0 aliphatic carbocycles. The molecule has 1 heterocycles. The van der Waals surface area contributed by atoms with Crippen molar-refractivity contribution in [1.29, 1.82) is 0 Å². The predicted molar refractivity (Wildman–Crippen MR) is 56.8 cm³/mol. The second kappa shape index (κ2) is 5.98. The summed E-state index contributed by atoms with van der Waals surface area (Å²) < 4.78 is 0. The number of pyridine rings is 1. The molecule has 1 aromatic heterocycles. The maximum Gasteiger partial charge on any atom is 0.252 e. The molecule has 0 aliphatic rings. The van der Waals surface area contributed by atoms with Crippen LogP contribution in [0.2, 0.25) is 0 Å². The topological polar surface area (TPSA) is 74.2 Å². The Kier molecular flexibility index (Phi) is 4.56. The number of rotatable bonds is 5. The molecule has 82 valence electrons. The van der Waals surface area contributed by atoms with Gasteiger partial charge in [-0.2, -0.15) is 0 Å². The van der Waals surface area contributed by atoms with Crippen LogP contribution in [0.15, 0.2) is 18.5 Å². The fourth-order valence-electron chi connectivity index (χ4n) is 1.12. The Hall–Kier alpha value is -1.62. The van der Waals surface area contributed by atoms with E-state index in [2.05, 4.69) is 15.6 Å². The van der Waals surface area contributed by atoms with E-state index in [-0.39, 0.29) is 11.7 Å². The molecule has 0 aromatic carbocycles. The van der Waals surface area contributed by atoms with Crippen LogP contribution in [0, 0.1) is 0 Å². The summed E-state index contributed by atoms with van der Waals surface area (Å²) in [5, 5.41) is 14.8. The quantitative estimate of drug-likeness (QED) is 0.602. The molecule has 0 atom stereocenters. The van der Waals surface area contributed by atoms with E-state index in [1.807, 2.05) is 7.05 Å². The molecule has 0 fully saturated rings. The first-order chi connectivity index (χ1) is 7.24. The highest BCUT2D eigenvalue weighted by molar-refractivity contribution is 5.94. The molecule has 0 spiro atoms. The third-order valence-electron chi connectivity index (χ3n) is 1.88. The lowest BCUT2D eigenvalue weighted by Gasteiger charge is -2.04. The molecule has 3 N–H and O–H groups in total. The third-order valence-corrected chi connectivity index (χ3v) is 1.88. The molecular weight excluding hydrogens is 194 g/mol. The average Bonchev–Trinajstić information content (AvgIpc) is 2.24. The second-order valence-electron chi connectivity index (χ2n) is 3.14. The van der Waals surface area contributed by atoms with Gasteiger partial charge in [0.25, 0.3) is 5.91 Å². The lowest BCUT2D eigenvalue weighted by molar-refractivity contribution is 0.0952. The zero-order valence-electron chi connectivity index (χ0n) is 8.66. The van der Waals surface area contributed by atoms with Crippen molar-refractivity contribution in [2.45, 2.75) is 6.42 Å². The molecule has 15 heavy (non-hydrogen) atoms. The van der Waals surface area contributed by atoms with Crippen molar-refractivity contribution in [2.75, 3.05) is 20.1 Å². The molecule has 1 rings (SSSR count). The molecule has 0 aliphatic heterocycles. The number of carbonyl (C=O) groups is 1. The highest BCUT2D eigenvalue weighted by atomic mass is 16.3. The fraction of sp³-hybridized carbons (Fsp3) is 0.400. The van der Waals surface area contributed by atoms with Gasteiger partial charge in [0.2, 0.25) is 0 Å². The molecule has 1 amide bonds. The van der Waals surface area contributed by atoms with Gasteiger partial charge in [-0.05, 0) is 26.1 Å². The molecule has 0 bridgehead atoms. The lowest BCUT2D eigenvalue weighted by atomic mass is 10.2. The Balaban J connectivity index is 2.40. The van der Waals surface area contributed by atoms with E-state index < -0.39 is 0 Å². The summed E-state index contributed by atoms with van der Waals surface area (Å²) in [6.45, 7) is 1.47. The van der Waals surface area contributed by atoms with Crippen LogP contribution < -0.4 is 10.6 Å². The van der Waals surface area contributed by atoms with Crippen molar-refractivity contribution in [2.24, 2.45) is 0 Å². The normalized spacial score (nSPS) is 9.93. The Morgan fingerprint density at radius 2 is 2.27 bits per heavy atom. The molecule has 0 unspecified atom stereocenters. The Bertz CT molecular complexity index is 328. The minimum atomic E-state index is -0.213. The highest BCUT2D eigenvalue weighted by Gasteiger charge is 2.05. The van der Waals surface area contributed by atoms with E-state index in [9.17, 15) is 4.79 Å². The van der Waals surface area contributed by atoms with E-state index in [0.717, 1.165) is 13.0 Å². The number of carbonyl (C=O) groups excluding carboxylic acids is 1. The van der Waals surface area contributed by atoms with Crippen LogP contribution in [0.3, 0.4) is 0 Å². The van der Waals surface area contributed by atoms with Crippen molar-refractivity contribution in [3.63, 3.8) is 0 Å². The Labute approximate surface area is 88.5 Å². The van der Waals surface area contributed by atoms with Crippen LogP contribution >= 0.6 is 0 Å². The van der Waals surface area contributed by atoms with Crippen molar-refractivity contribution in [1.82, 2.24) is 15.6 Å². The molecule has 0 radical (unpaired) electrons. The van der Waals surface area contributed by atoms with Gasteiger partial charge in [-0.1, -0.05) is 0 Å². The molecule has 5 nitrogen and oxygen atoms in total. The highest BCUT2D eigenvalue weighted by Crippen LogP contribution is 2.07. The SMILES string of the molecule is CNCCCNC(=O)c1cncc(O)c1. The Morgan fingerprint density at radius 3 is 2.93 bits per heavy atom. The van der Waals surface area contributed by atoms with Crippen LogP contribution in [0.25, 0.3) is 0 Å². The number of aromatic nitrogens is 1. The molecule has 5 heteroatoms. The summed E-state index contributed by atoms with van der Waals surface area (Å²) in [6, 6.07) is 1.39. The van der Waals surface area contributed by atoms with Gasteiger partial charge in [0.05, 0.1) is 11.8 Å². The van der Waals surface area contributed by atoms with E-state index in [1.54, 1.807) is 0 Å². The summed E-state index contributed by atoms with van der Waals surface area (Å²) >= 11 is 0. The monoisotopic (exact) mass is 209 g/mol. The van der Waals surface area contributed by atoms with E-state index >= 15 is 0 Å². The van der Waals surface area contributed by atoms with Crippen molar-refractivity contribution in [3.05, 3.63) is 24.0 Å². The van der Waals surface area contributed by atoms with Crippen LogP contribution in [-0.2, 0) is 0 Å². The van der Waals surface area contributed by atoms with Gasteiger partial charge in [0, 0.05) is 12.7 Å². The lowest BCUT2D eigenvalue weighted by Crippen LogP contribution is -2.26. The van der Waals surface area contributed by atoms with Crippen LogP contribution in [0.5, 0.6) is 5.75 Å². The summed E-state index contributed by atoms with van der Waals surface area (Å²) in [5.74, 6) is -0.215. The summed E-state index contributed by atoms with van der Waals surface area (Å²) in [6.07, 6.45) is 3.58. The molecule has 0 saturated heterocycles. The van der Waals surface area contributed by atoms with Gasteiger partial charge in [-0.3, -0.25) is 9.78 Å². The summed E-state index contributed by atoms with van der Waals surface area (Å²) in [4.78, 5) is 15.2. The van der Waals surface area contributed by atoms with Crippen LogP contribution in [0.1, 0.15) is 16.8 Å². The van der Waals surface area contributed by atoms with Crippen molar-refractivity contribution >= 4 is 5.91 Å². The minimum absolute atomic E-state index is 0.00197. The van der Waals surface area contributed by atoms with Gasteiger partial charge in [0.1, 0.15) is 5.75 Å². The Morgan fingerprint density at radius 1 is 1.47 bits per heavy atom. The maximum absolute atomic E-state index is 11.5. The smallest absolute Gasteiger partial charge is 0.252 e.